The SMILES string of the molecule is CN1C(=N)N[C@](C)(c2cc(F)c(F)cc2F)[C@@H](c2ccc(C3(C)COC3)cc2)S1(=O)=O. The molecule has 0 aliphatic carbocycles. The summed E-state index contributed by atoms with van der Waals surface area (Å²) in [5, 5.41) is 9.35. The van der Waals surface area contributed by atoms with Gasteiger partial charge in [0.2, 0.25) is 16.0 Å². The van der Waals surface area contributed by atoms with Crippen LogP contribution in [0.2, 0.25) is 0 Å². The van der Waals surface area contributed by atoms with Gasteiger partial charge in [0.25, 0.3) is 0 Å². The molecule has 2 fully saturated rings. The van der Waals surface area contributed by atoms with Gasteiger partial charge in [-0.2, -0.15) is 0 Å². The van der Waals surface area contributed by atoms with Gasteiger partial charge in [-0.1, -0.05) is 31.2 Å². The Morgan fingerprint density at radius 2 is 1.65 bits per heavy atom. The summed E-state index contributed by atoms with van der Waals surface area (Å²) in [4.78, 5) is 0. The molecular weight excluding hydrogens is 431 g/mol. The lowest BCUT2D eigenvalue weighted by atomic mass is 9.79. The number of guanidine groups is 1. The fourth-order valence-corrected chi connectivity index (χ4v) is 6.14. The minimum atomic E-state index is -4.20. The molecule has 0 amide bonds. The topological polar surface area (TPSA) is 82.5 Å². The zero-order valence-electron chi connectivity index (χ0n) is 17.2. The second kappa shape index (κ2) is 6.96. The van der Waals surface area contributed by atoms with Crippen LogP contribution in [0.5, 0.6) is 0 Å². The Balaban J connectivity index is 1.89. The summed E-state index contributed by atoms with van der Waals surface area (Å²) in [7, 11) is -2.99. The summed E-state index contributed by atoms with van der Waals surface area (Å²) >= 11 is 0. The lowest BCUT2D eigenvalue weighted by Crippen LogP contribution is -2.62. The summed E-state index contributed by atoms with van der Waals surface area (Å²) in [6.07, 6.45) is 0. The van der Waals surface area contributed by atoms with Crippen molar-refractivity contribution in [1.82, 2.24) is 9.62 Å². The van der Waals surface area contributed by atoms with Gasteiger partial charge in [-0.05, 0) is 24.1 Å². The van der Waals surface area contributed by atoms with Gasteiger partial charge < -0.3 is 10.1 Å². The molecule has 0 radical (unpaired) electrons. The Bertz CT molecular complexity index is 1170. The van der Waals surface area contributed by atoms with E-state index in [0.717, 1.165) is 9.87 Å². The molecule has 2 atom stereocenters. The quantitative estimate of drug-likeness (QED) is 0.700. The van der Waals surface area contributed by atoms with Gasteiger partial charge in [-0.15, -0.1) is 0 Å². The zero-order chi connectivity index (χ0) is 22.8. The number of sulfonamides is 1. The molecule has 2 aromatic carbocycles. The Kier molecular flexibility index (Phi) is 4.86. The second-order valence-corrected chi connectivity index (χ2v) is 10.5. The number of benzene rings is 2. The molecule has 2 aromatic rings. The van der Waals surface area contributed by atoms with Crippen molar-refractivity contribution in [2.75, 3.05) is 20.3 Å². The molecule has 2 N–H and O–H groups in total. The molecule has 2 aliphatic rings. The van der Waals surface area contributed by atoms with Crippen molar-refractivity contribution in [2.45, 2.75) is 30.1 Å². The molecule has 0 bridgehead atoms. The fourth-order valence-electron chi connectivity index (χ4n) is 4.24. The summed E-state index contributed by atoms with van der Waals surface area (Å²) in [5.74, 6) is -4.30. The van der Waals surface area contributed by atoms with E-state index in [1.165, 1.54) is 14.0 Å². The number of hydrogen-bond acceptors (Lipinski definition) is 4. The van der Waals surface area contributed by atoms with Gasteiger partial charge in [-0.3, -0.25) is 5.41 Å². The van der Waals surface area contributed by atoms with Crippen molar-refractivity contribution in [3.8, 4) is 0 Å². The molecule has 0 spiro atoms. The predicted octanol–water partition coefficient (Wildman–Crippen LogP) is 3.15. The average Bonchev–Trinajstić information content (AvgIpc) is 2.67. The van der Waals surface area contributed by atoms with Crippen LogP contribution in [0.3, 0.4) is 0 Å². The van der Waals surface area contributed by atoms with Gasteiger partial charge in [0.15, 0.2) is 11.6 Å². The first-order valence-electron chi connectivity index (χ1n) is 9.58. The zero-order valence-corrected chi connectivity index (χ0v) is 18.0. The molecule has 2 aliphatic heterocycles. The first-order chi connectivity index (χ1) is 14.4. The maximum Gasteiger partial charge on any atom is 0.246 e. The lowest BCUT2D eigenvalue weighted by Gasteiger charge is -2.46. The molecule has 0 saturated carbocycles. The van der Waals surface area contributed by atoms with E-state index in [4.69, 9.17) is 10.1 Å². The summed E-state index contributed by atoms with van der Waals surface area (Å²) in [6, 6.07) is 7.84. The fraction of sp³-hybridized carbons (Fsp3) is 0.381. The van der Waals surface area contributed by atoms with Crippen LogP contribution in [0.15, 0.2) is 36.4 Å². The van der Waals surface area contributed by atoms with E-state index in [0.29, 0.717) is 30.9 Å². The van der Waals surface area contributed by atoms with Crippen molar-refractivity contribution in [3.63, 3.8) is 0 Å². The number of nitrogens with one attached hydrogen (secondary N) is 2. The summed E-state index contributed by atoms with van der Waals surface area (Å²) in [6.45, 7) is 4.49. The molecule has 2 saturated heterocycles. The number of rotatable bonds is 3. The third-order valence-electron chi connectivity index (χ3n) is 6.22. The second-order valence-electron chi connectivity index (χ2n) is 8.49. The molecule has 0 unspecified atom stereocenters. The maximum absolute atomic E-state index is 14.8. The Labute approximate surface area is 178 Å². The molecule has 2 heterocycles. The molecule has 166 valence electrons. The number of ether oxygens (including phenoxy) is 1. The highest BCUT2D eigenvalue weighted by molar-refractivity contribution is 7.90. The van der Waals surface area contributed by atoms with Crippen molar-refractivity contribution < 1.29 is 26.3 Å². The van der Waals surface area contributed by atoms with E-state index >= 15 is 0 Å². The minimum absolute atomic E-state index is 0.170. The third kappa shape index (κ3) is 3.20. The smallest absolute Gasteiger partial charge is 0.246 e. The molecule has 6 nitrogen and oxygen atoms in total. The maximum atomic E-state index is 14.8. The predicted molar refractivity (Wildman–Crippen MR) is 109 cm³/mol. The van der Waals surface area contributed by atoms with E-state index in [-0.39, 0.29) is 11.0 Å². The van der Waals surface area contributed by atoms with Crippen molar-refractivity contribution in [2.24, 2.45) is 0 Å². The Hall–Kier alpha value is -2.59. The van der Waals surface area contributed by atoms with Crippen LogP contribution < -0.4 is 5.32 Å². The van der Waals surface area contributed by atoms with Crippen LogP contribution in [0.4, 0.5) is 13.2 Å². The monoisotopic (exact) mass is 453 g/mol. The van der Waals surface area contributed by atoms with Crippen LogP contribution in [-0.4, -0.2) is 38.9 Å². The normalized spacial score (nSPS) is 26.8. The lowest BCUT2D eigenvalue weighted by molar-refractivity contribution is -0.0500. The van der Waals surface area contributed by atoms with Crippen molar-refractivity contribution in [1.29, 1.82) is 5.41 Å². The van der Waals surface area contributed by atoms with Gasteiger partial charge in [0, 0.05) is 24.1 Å². The van der Waals surface area contributed by atoms with Crippen LogP contribution in [0.1, 0.15) is 35.8 Å². The minimum Gasteiger partial charge on any atom is -0.379 e. The van der Waals surface area contributed by atoms with Crippen molar-refractivity contribution >= 4 is 16.0 Å². The van der Waals surface area contributed by atoms with E-state index < -0.39 is 44.2 Å². The largest absolute Gasteiger partial charge is 0.379 e. The van der Waals surface area contributed by atoms with Gasteiger partial charge in [0.1, 0.15) is 11.1 Å². The first-order valence-corrected chi connectivity index (χ1v) is 11.1. The summed E-state index contributed by atoms with van der Waals surface area (Å²) in [5.41, 5.74) is -1.04. The van der Waals surface area contributed by atoms with Gasteiger partial charge in [0.05, 0.1) is 18.8 Å². The van der Waals surface area contributed by atoms with Crippen LogP contribution in [0, 0.1) is 22.9 Å². The van der Waals surface area contributed by atoms with E-state index in [1.54, 1.807) is 24.3 Å². The highest BCUT2D eigenvalue weighted by atomic mass is 32.2. The first kappa shape index (κ1) is 21.6. The molecule has 31 heavy (non-hydrogen) atoms. The average molecular weight is 453 g/mol. The van der Waals surface area contributed by atoms with Crippen LogP contribution >= 0.6 is 0 Å². The number of nitrogens with zero attached hydrogens (tertiary/aromatic N) is 1. The third-order valence-corrected chi connectivity index (χ3v) is 8.50. The highest BCUT2D eigenvalue weighted by Gasteiger charge is 2.53. The molecule has 0 aromatic heterocycles. The summed E-state index contributed by atoms with van der Waals surface area (Å²) < 4.78 is 75.1. The Morgan fingerprint density at radius 1 is 1.06 bits per heavy atom. The van der Waals surface area contributed by atoms with Crippen LogP contribution in [0.25, 0.3) is 0 Å². The number of halogens is 3. The number of hydrogen-bond donors (Lipinski definition) is 2. The highest BCUT2D eigenvalue weighted by Crippen LogP contribution is 2.46. The van der Waals surface area contributed by atoms with Crippen LogP contribution in [-0.2, 0) is 25.7 Å². The Morgan fingerprint density at radius 3 is 2.19 bits per heavy atom. The van der Waals surface area contributed by atoms with Gasteiger partial charge >= 0.3 is 0 Å². The molecule has 4 rings (SSSR count). The van der Waals surface area contributed by atoms with E-state index in [2.05, 4.69) is 5.32 Å². The van der Waals surface area contributed by atoms with Gasteiger partial charge in [-0.25, -0.2) is 25.9 Å². The standard InChI is InChI=1S/C21H22F3N3O3S/c1-20(10-30-11-20)13-6-4-12(5-7-13)18-21(2,26-19(25)27(3)31(18,28)29)14-8-16(23)17(24)9-15(14)22/h4-9,18H,10-11H2,1-3H3,(H2,25,26)/t18-,21-/m1/s1. The van der Waals surface area contributed by atoms with E-state index in [9.17, 15) is 21.6 Å². The molecule has 10 heteroatoms. The molecular formula is C21H22F3N3O3S. The van der Waals surface area contributed by atoms with Crippen molar-refractivity contribution in [3.05, 3.63) is 70.5 Å². The van der Waals surface area contributed by atoms with E-state index in [1.807, 2.05) is 6.92 Å².